The Morgan fingerprint density at radius 1 is 0.561 bits per heavy atom. The summed E-state index contributed by atoms with van der Waals surface area (Å²) in [6.45, 7) is 27.5. The number of rotatable bonds is 14. The summed E-state index contributed by atoms with van der Waals surface area (Å²) in [4.78, 5) is 24.7. The molecule has 57 heavy (non-hydrogen) atoms. The van der Waals surface area contributed by atoms with E-state index < -0.39 is 30.7 Å². The number of aliphatic hydroxyl groups is 1. The minimum Gasteiger partial charge on any atom is -0.458 e. The molecule has 9 heteroatoms. The lowest BCUT2D eigenvalue weighted by Crippen LogP contribution is -2.67. The van der Waals surface area contributed by atoms with Crippen molar-refractivity contribution in [2.75, 3.05) is 26.4 Å². The van der Waals surface area contributed by atoms with E-state index >= 15 is 0 Å². The second kappa shape index (κ2) is 20.6. The molecule has 4 atom stereocenters. The van der Waals surface area contributed by atoms with E-state index in [0.717, 1.165) is 51.6 Å². The lowest BCUT2D eigenvalue weighted by molar-refractivity contribution is -0.182. The molecule has 0 amide bonds. The zero-order valence-electron chi connectivity index (χ0n) is 37.9. The van der Waals surface area contributed by atoms with Crippen LogP contribution in [-0.2, 0) is 33.0 Å². The topological polar surface area (TPSA) is 101 Å². The van der Waals surface area contributed by atoms with E-state index in [2.05, 4.69) is 81.4 Å². The maximum absolute atomic E-state index is 12.6. The van der Waals surface area contributed by atoms with Gasteiger partial charge in [0.25, 0.3) is 8.32 Å². The van der Waals surface area contributed by atoms with Gasteiger partial charge in [-0.3, -0.25) is 0 Å². The number of carbonyl (C=O) groups is 2. The van der Waals surface area contributed by atoms with Crippen LogP contribution in [0.1, 0.15) is 141 Å². The molecule has 0 unspecified atom stereocenters. The standard InChI is InChI=1S/C32H48O4Si.C16H30O4/c1-30(2,3)36-29(33)32(7,8)34-23-25-16-15-17-26(22-25)24-35-37(31(4,5)6,27-18-11-9-12-19-27)28-20-13-10-14-21-28;1-15(2,3)20-14(18)16(4,5)19-11-13-8-6-7-12(9-13)10-17/h9-14,18-21,25-26H,15-17,22-24H2,1-8H3;12-13,17H,6-11H2,1-5H3/t25-,26+;12-,13+/m01/s1. The van der Waals surface area contributed by atoms with Gasteiger partial charge in [0.05, 0.1) is 13.2 Å². The highest BCUT2D eigenvalue weighted by Gasteiger charge is 2.50. The van der Waals surface area contributed by atoms with Gasteiger partial charge < -0.3 is 28.5 Å². The fraction of sp³-hybridized carbons (Fsp3) is 0.708. The number of carbonyl (C=O) groups excluding carboxylic acids is 2. The van der Waals surface area contributed by atoms with Crippen molar-refractivity contribution in [2.24, 2.45) is 23.7 Å². The molecular weight excluding hydrogens is 733 g/mol. The Morgan fingerprint density at radius 2 is 0.912 bits per heavy atom. The Labute approximate surface area is 347 Å². The highest BCUT2D eigenvalue weighted by molar-refractivity contribution is 6.99. The van der Waals surface area contributed by atoms with Crippen molar-refractivity contribution in [3.63, 3.8) is 0 Å². The van der Waals surface area contributed by atoms with Crippen molar-refractivity contribution < 1.29 is 38.1 Å². The van der Waals surface area contributed by atoms with Crippen molar-refractivity contribution in [1.82, 2.24) is 0 Å². The predicted octanol–water partition coefficient (Wildman–Crippen LogP) is 9.43. The summed E-state index contributed by atoms with van der Waals surface area (Å²) in [6, 6.07) is 21.7. The molecule has 2 fully saturated rings. The largest absolute Gasteiger partial charge is 0.458 e. The van der Waals surface area contributed by atoms with Gasteiger partial charge in [0.1, 0.15) is 11.2 Å². The third-order valence-corrected chi connectivity index (χ3v) is 16.1. The van der Waals surface area contributed by atoms with Crippen LogP contribution in [0.3, 0.4) is 0 Å². The molecule has 2 aliphatic carbocycles. The van der Waals surface area contributed by atoms with Crippen LogP contribution in [0.25, 0.3) is 0 Å². The van der Waals surface area contributed by atoms with Crippen molar-refractivity contribution in [2.45, 2.75) is 169 Å². The summed E-state index contributed by atoms with van der Waals surface area (Å²) in [5.41, 5.74) is -2.89. The van der Waals surface area contributed by atoms with Crippen molar-refractivity contribution >= 4 is 30.6 Å². The van der Waals surface area contributed by atoms with Crippen LogP contribution in [0.2, 0.25) is 5.04 Å². The van der Waals surface area contributed by atoms with E-state index in [1.807, 2.05) is 55.4 Å². The van der Waals surface area contributed by atoms with E-state index in [1.165, 1.54) is 16.8 Å². The smallest absolute Gasteiger partial charge is 0.338 e. The predicted molar refractivity (Wildman–Crippen MR) is 233 cm³/mol. The monoisotopic (exact) mass is 811 g/mol. The maximum atomic E-state index is 12.6. The van der Waals surface area contributed by atoms with Crippen LogP contribution < -0.4 is 10.4 Å². The molecule has 0 aromatic heterocycles. The Morgan fingerprint density at radius 3 is 1.26 bits per heavy atom. The number of benzene rings is 2. The van der Waals surface area contributed by atoms with Gasteiger partial charge in [0.15, 0.2) is 11.2 Å². The summed E-state index contributed by atoms with van der Waals surface area (Å²) in [7, 11) is -2.53. The molecule has 0 spiro atoms. The molecule has 2 aromatic rings. The van der Waals surface area contributed by atoms with Crippen LogP contribution in [0.4, 0.5) is 0 Å². The Balaban J connectivity index is 0.000000367. The van der Waals surface area contributed by atoms with E-state index in [-0.39, 0.29) is 23.6 Å². The lowest BCUT2D eigenvalue weighted by atomic mass is 9.82. The molecule has 2 aromatic carbocycles. The first-order chi connectivity index (χ1) is 26.4. The van der Waals surface area contributed by atoms with Crippen LogP contribution in [0, 0.1) is 23.7 Å². The molecule has 0 radical (unpaired) electrons. The van der Waals surface area contributed by atoms with Gasteiger partial charge in [-0.1, -0.05) is 94.3 Å². The van der Waals surface area contributed by atoms with Crippen molar-refractivity contribution in [1.29, 1.82) is 0 Å². The Hall–Kier alpha value is -2.56. The summed E-state index contributed by atoms with van der Waals surface area (Å²) in [5, 5.41) is 11.9. The zero-order valence-corrected chi connectivity index (χ0v) is 38.9. The van der Waals surface area contributed by atoms with Gasteiger partial charge in [0.2, 0.25) is 0 Å². The normalized spacial score (nSPS) is 21.2. The SMILES string of the molecule is CC(C)(C)OC(=O)C(C)(C)OC[C@H]1CCC[C@@H](CO)C1.CC(C)(C)OC(=O)C(C)(C)OC[C@H]1CCC[C@@H](CO[Si](c2ccccc2)(c2ccccc2)C(C)(C)C)C1. The molecule has 0 aliphatic heterocycles. The van der Waals surface area contributed by atoms with Crippen LogP contribution in [-0.4, -0.2) is 74.2 Å². The quantitative estimate of drug-likeness (QED) is 0.149. The van der Waals surface area contributed by atoms with Crippen LogP contribution >= 0.6 is 0 Å². The first-order valence-corrected chi connectivity index (χ1v) is 23.4. The number of esters is 2. The summed E-state index contributed by atoms with van der Waals surface area (Å²) in [5.74, 6) is 1.10. The average molecular weight is 811 g/mol. The third-order valence-electron chi connectivity index (χ3n) is 11.1. The second-order valence-electron chi connectivity index (χ2n) is 20.6. The van der Waals surface area contributed by atoms with Gasteiger partial charge in [-0.25, -0.2) is 9.59 Å². The van der Waals surface area contributed by atoms with Gasteiger partial charge in [-0.05, 0) is 147 Å². The van der Waals surface area contributed by atoms with E-state index in [9.17, 15) is 14.7 Å². The van der Waals surface area contributed by atoms with Crippen molar-refractivity contribution in [3.8, 4) is 0 Å². The summed E-state index contributed by atoms with van der Waals surface area (Å²) >= 11 is 0. The first-order valence-electron chi connectivity index (χ1n) is 21.5. The Bertz CT molecular complexity index is 1460. The van der Waals surface area contributed by atoms with Gasteiger partial charge in [-0.2, -0.15) is 0 Å². The zero-order chi connectivity index (χ0) is 42.7. The first kappa shape index (κ1) is 48.8. The second-order valence-corrected chi connectivity index (χ2v) is 24.9. The number of hydrogen-bond acceptors (Lipinski definition) is 8. The fourth-order valence-corrected chi connectivity index (χ4v) is 12.6. The summed E-state index contributed by atoms with van der Waals surface area (Å²) in [6.07, 6.45) is 8.85. The van der Waals surface area contributed by atoms with Gasteiger partial charge in [-0.15, -0.1) is 0 Å². The average Bonchev–Trinajstić information content (AvgIpc) is 3.13. The Kier molecular flexibility index (Phi) is 17.6. The molecule has 0 bridgehead atoms. The molecule has 1 N–H and O–H groups in total. The van der Waals surface area contributed by atoms with Crippen LogP contribution in [0.5, 0.6) is 0 Å². The van der Waals surface area contributed by atoms with Crippen molar-refractivity contribution in [3.05, 3.63) is 60.7 Å². The molecule has 0 saturated heterocycles. The molecule has 2 saturated carbocycles. The molecule has 322 valence electrons. The van der Waals surface area contributed by atoms with E-state index in [4.69, 9.17) is 23.4 Å². The lowest BCUT2D eigenvalue weighted by Gasteiger charge is -2.44. The number of aliphatic hydroxyl groups excluding tert-OH is 1. The maximum Gasteiger partial charge on any atom is 0.338 e. The molecule has 4 rings (SSSR count). The molecule has 8 nitrogen and oxygen atoms in total. The van der Waals surface area contributed by atoms with Crippen LogP contribution in [0.15, 0.2) is 60.7 Å². The minimum atomic E-state index is -2.53. The number of ether oxygens (including phenoxy) is 4. The summed E-state index contributed by atoms with van der Waals surface area (Å²) < 4.78 is 30.1. The van der Waals surface area contributed by atoms with Gasteiger partial charge in [0, 0.05) is 13.2 Å². The minimum absolute atomic E-state index is 0.0235. The van der Waals surface area contributed by atoms with E-state index in [0.29, 0.717) is 36.9 Å². The molecular formula is C48H78O8Si. The van der Waals surface area contributed by atoms with Gasteiger partial charge >= 0.3 is 11.9 Å². The number of hydrogen-bond donors (Lipinski definition) is 1. The fourth-order valence-electron chi connectivity index (χ4n) is 8.00. The molecule has 2 aliphatic rings. The van der Waals surface area contributed by atoms with E-state index in [1.54, 1.807) is 13.8 Å². The molecule has 0 heterocycles. The third kappa shape index (κ3) is 15.2. The highest BCUT2D eigenvalue weighted by Crippen LogP contribution is 2.39. The highest BCUT2D eigenvalue weighted by atomic mass is 28.4.